The van der Waals surface area contributed by atoms with Crippen LogP contribution in [-0.2, 0) is 0 Å². The maximum absolute atomic E-state index is 5.88. The molecule has 0 saturated carbocycles. The Kier molecular flexibility index (Phi) is 3.79. The second-order valence-corrected chi connectivity index (χ2v) is 4.75. The van der Waals surface area contributed by atoms with E-state index in [4.69, 9.17) is 5.73 Å². The lowest BCUT2D eigenvalue weighted by atomic mass is 10.1. The maximum atomic E-state index is 5.88. The highest BCUT2D eigenvalue weighted by Gasteiger charge is 2.19. The van der Waals surface area contributed by atoms with Gasteiger partial charge in [-0.1, -0.05) is 6.42 Å². The third-order valence-electron chi connectivity index (χ3n) is 3.49. The van der Waals surface area contributed by atoms with Crippen LogP contribution in [-0.4, -0.2) is 55.1 Å². The average Bonchev–Trinajstić information content (AvgIpc) is 2.63. The number of nitrogens with zero attached hydrogens (tertiary/aromatic N) is 2. The Morgan fingerprint density at radius 1 is 0.929 bits per heavy atom. The van der Waals surface area contributed by atoms with Crippen LogP contribution in [0, 0.1) is 0 Å². The van der Waals surface area contributed by atoms with E-state index in [0.717, 1.165) is 6.54 Å². The van der Waals surface area contributed by atoms with Gasteiger partial charge in [-0.2, -0.15) is 0 Å². The third kappa shape index (κ3) is 2.94. The normalized spacial score (nSPS) is 31.1. The molecule has 2 saturated heterocycles. The number of hydrogen-bond acceptors (Lipinski definition) is 3. The summed E-state index contributed by atoms with van der Waals surface area (Å²) >= 11 is 0. The van der Waals surface area contributed by atoms with Gasteiger partial charge in [0.25, 0.3) is 0 Å². The first-order chi connectivity index (χ1) is 6.84. The van der Waals surface area contributed by atoms with E-state index in [1.807, 2.05) is 0 Å². The molecule has 0 aromatic carbocycles. The molecule has 0 aromatic heterocycles. The Morgan fingerprint density at radius 2 is 1.64 bits per heavy atom. The van der Waals surface area contributed by atoms with Crippen molar-refractivity contribution in [2.75, 3.05) is 39.3 Å². The highest BCUT2D eigenvalue weighted by Crippen LogP contribution is 2.10. The lowest BCUT2D eigenvalue weighted by Crippen LogP contribution is -2.37. The van der Waals surface area contributed by atoms with Crippen molar-refractivity contribution in [3.05, 3.63) is 0 Å². The van der Waals surface area contributed by atoms with Crippen molar-refractivity contribution < 1.29 is 0 Å². The summed E-state index contributed by atoms with van der Waals surface area (Å²) in [7, 11) is 0. The van der Waals surface area contributed by atoms with Gasteiger partial charge >= 0.3 is 0 Å². The van der Waals surface area contributed by atoms with Crippen LogP contribution < -0.4 is 5.73 Å². The lowest BCUT2D eigenvalue weighted by Gasteiger charge is -2.28. The summed E-state index contributed by atoms with van der Waals surface area (Å²) in [6.07, 6.45) is 5.43. The van der Waals surface area contributed by atoms with E-state index in [1.54, 1.807) is 0 Å². The second kappa shape index (κ2) is 5.10. The number of rotatable bonds is 3. The van der Waals surface area contributed by atoms with Crippen LogP contribution in [0.25, 0.3) is 0 Å². The second-order valence-electron chi connectivity index (χ2n) is 4.75. The smallest absolute Gasteiger partial charge is 0.0180 e. The van der Waals surface area contributed by atoms with Crippen molar-refractivity contribution in [3.63, 3.8) is 0 Å². The fraction of sp³-hybridized carbons (Fsp3) is 1.00. The van der Waals surface area contributed by atoms with E-state index in [9.17, 15) is 0 Å². The van der Waals surface area contributed by atoms with Crippen LogP contribution in [0.3, 0.4) is 0 Å². The molecule has 1 unspecified atom stereocenters. The van der Waals surface area contributed by atoms with Gasteiger partial charge in [0.05, 0.1) is 0 Å². The fourth-order valence-corrected chi connectivity index (χ4v) is 2.53. The zero-order chi connectivity index (χ0) is 9.80. The van der Waals surface area contributed by atoms with Crippen LogP contribution in [0.2, 0.25) is 0 Å². The first-order valence-corrected chi connectivity index (χ1v) is 6.05. The number of nitrogens with two attached hydrogens (primary N) is 1. The third-order valence-corrected chi connectivity index (χ3v) is 3.49. The molecule has 0 spiro atoms. The maximum Gasteiger partial charge on any atom is 0.0180 e. The van der Waals surface area contributed by atoms with Gasteiger partial charge in [-0.25, -0.2) is 0 Å². The topological polar surface area (TPSA) is 32.5 Å². The molecule has 2 fully saturated rings. The summed E-state index contributed by atoms with van der Waals surface area (Å²) in [5.41, 5.74) is 5.88. The van der Waals surface area contributed by atoms with Gasteiger partial charge in [0.15, 0.2) is 0 Å². The first kappa shape index (κ1) is 10.4. The van der Waals surface area contributed by atoms with Crippen molar-refractivity contribution in [3.8, 4) is 0 Å². The summed E-state index contributed by atoms with van der Waals surface area (Å²) in [5.74, 6) is 0. The zero-order valence-electron chi connectivity index (χ0n) is 9.12. The highest BCUT2D eigenvalue weighted by molar-refractivity contribution is 4.78. The largest absolute Gasteiger partial charge is 0.326 e. The van der Waals surface area contributed by atoms with E-state index in [0.29, 0.717) is 6.04 Å². The standard InChI is InChI=1S/C11H23N3/c12-11-4-7-14(10-11)9-8-13-5-2-1-3-6-13/h11H,1-10,12H2. The van der Waals surface area contributed by atoms with Crippen LogP contribution >= 0.6 is 0 Å². The number of piperidine rings is 1. The molecule has 0 radical (unpaired) electrons. The summed E-state index contributed by atoms with van der Waals surface area (Å²) in [4.78, 5) is 5.12. The summed E-state index contributed by atoms with van der Waals surface area (Å²) in [6.45, 7) is 7.46. The van der Waals surface area contributed by atoms with E-state index in [1.165, 1.54) is 58.4 Å². The van der Waals surface area contributed by atoms with Gasteiger partial charge in [0.2, 0.25) is 0 Å². The summed E-state index contributed by atoms with van der Waals surface area (Å²) in [6, 6.07) is 0.441. The number of likely N-dealkylation sites (tertiary alicyclic amines) is 2. The molecule has 2 N–H and O–H groups in total. The van der Waals surface area contributed by atoms with Crippen LogP contribution in [0.4, 0.5) is 0 Å². The van der Waals surface area contributed by atoms with Gasteiger partial charge in [0.1, 0.15) is 0 Å². The fourth-order valence-electron chi connectivity index (χ4n) is 2.53. The average molecular weight is 197 g/mol. The summed E-state index contributed by atoms with van der Waals surface area (Å²) < 4.78 is 0. The van der Waals surface area contributed by atoms with Crippen molar-refractivity contribution in [2.45, 2.75) is 31.7 Å². The molecular weight excluding hydrogens is 174 g/mol. The lowest BCUT2D eigenvalue weighted by molar-refractivity contribution is 0.195. The molecule has 2 heterocycles. The number of hydrogen-bond donors (Lipinski definition) is 1. The first-order valence-electron chi connectivity index (χ1n) is 6.05. The van der Waals surface area contributed by atoms with E-state index in [-0.39, 0.29) is 0 Å². The minimum absolute atomic E-state index is 0.441. The SMILES string of the molecule is NC1CCN(CCN2CCCCC2)C1. The Hall–Kier alpha value is -0.120. The molecule has 1 atom stereocenters. The Bertz CT molecular complexity index is 161. The van der Waals surface area contributed by atoms with Crippen molar-refractivity contribution >= 4 is 0 Å². The molecule has 0 aliphatic carbocycles. The van der Waals surface area contributed by atoms with Crippen LogP contribution in [0.15, 0.2) is 0 Å². The van der Waals surface area contributed by atoms with E-state index in [2.05, 4.69) is 9.80 Å². The van der Waals surface area contributed by atoms with E-state index < -0.39 is 0 Å². The monoisotopic (exact) mass is 197 g/mol. The molecule has 3 heteroatoms. The predicted octanol–water partition coefficient (Wildman–Crippen LogP) is 0.505. The molecule has 82 valence electrons. The molecule has 0 bridgehead atoms. The quantitative estimate of drug-likeness (QED) is 0.715. The van der Waals surface area contributed by atoms with Gasteiger partial charge < -0.3 is 15.5 Å². The van der Waals surface area contributed by atoms with Gasteiger partial charge in [-0.15, -0.1) is 0 Å². The molecule has 3 nitrogen and oxygen atoms in total. The van der Waals surface area contributed by atoms with Crippen molar-refractivity contribution in [2.24, 2.45) is 5.73 Å². The molecule has 2 rings (SSSR count). The Balaban J connectivity index is 1.61. The minimum Gasteiger partial charge on any atom is -0.326 e. The van der Waals surface area contributed by atoms with Crippen LogP contribution in [0.1, 0.15) is 25.7 Å². The molecule has 2 aliphatic heterocycles. The molecular formula is C11H23N3. The van der Waals surface area contributed by atoms with Gasteiger partial charge in [-0.3, -0.25) is 0 Å². The Labute approximate surface area is 87.2 Å². The summed E-state index contributed by atoms with van der Waals surface area (Å²) in [5, 5.41) is 0. The molecule has 0 aromatic rings. The zero-order valence-corrected chi connectivity index (χ0v) is 9.12. The predicted molar refractivity (Wildman–Crippen MR) is 59.3 cm³/mol. The molecule has 2 aliphatic rings. The molecule has 14 heavy (non-hydrogen) atoms. The van der Waals surface area contributed by atoms with Crippen molar-refractivity contribution in [1.29, 1.82) is 0 Å². The highest BCUT2D eigenvalue weighted by atomic mass is 15.2. The molecule has 0 amide bonds. The minimum atomic E-state index is 0.441. The van der Waals surface area contributed by atoms with Gasteiger partial charge in [0, 0.05) is 25.7 Å². The van der Waals surface area contributed by atoms with E-state index >= 15 is 0 Å². The van der Waals surface area contributed by atoms with Crippen molar-refractivity contribution in [1.82, 2.24) is 9.80 Å². The van der Waals surface area contributed by atoms with Crippen LogP contribution in [0.5, 0.6) is 0 Å². The van der Waals surface area contributed by atoms with Gasteiger partial charge in [-0.05, 0) is 38.9 Å². The Morgan fingerprint density at radius 3 is 2.29 bits per heavy atom.